The van der Waals surface area contributed by atoms with Gasteiger partial charge in [0.15, 0.2) is 6.16 Å². The second-order valence-electron chi connectivity index (χ2n) is 6.84. The van der Waals surface area contributed by atoms with Crippen LogP contribution in [0.4, 0.5) is 0 Å². The van der Waals surface area contributed by atoms with E-state index >= 15 is 0 Å². The van der Waals surface area contributed by atoms with Gasteiger partial charge in [-0.3, -0.25) is 0 Å². The fourth-order valence-electron chi connectivity index (χ4n) is 2.84. The van der Waals surface area contributed by atoms with Crippen LogP contribution in [0.2, 0.25) is 0 Å². The molecular formula is C20H42NiO2P+. The Morgan fingerprint density at radius 1 is 0.583 bits per heavy atom. The van der Waals surface area contributed by atoms with E-state index in [9.17, 15) is 4.57 Å². The number of rotatable bonds is 19. The summed E-state index contributed by atoms with van der Waals surface area (Å²) in [5, 5.41) is 0. The molecule has 4 heteroatoms. The Morgan fingerprint density at radius 3 is 1.42 bits per heavy atom. The summed E-state index contributed by atoms with van der Waals surface area (Å²) in [6.45, 7) is 5.21. The molecule has 0 N–H and O–H groups in total. The van der Waals surface area contributed by atoms with Crippen LogP contribution in [0.25, 0.3) is 0 Å². The minimum absolute atomic E-state index is 0. The van der Waals surface area contributed by atoms with E-state index < -0.39 is 8.03 Å². The van der Waals surface area contributed by atoms with Gasteiger partial charge in [-0.25, -0.2) is 0 Å². The summed E-state index contributed by atoms with van der Waals surface area (Å²) >= 11 is 0. The van der Waals surface area contributed by atoms with E-state index in [0.717, 1.165) is 19.0 Å². The van der Waals surface area contributed by atoms with E-state index in [2.05, 4.69) is 13.8 Å². The monoisotopic (exact) mass is 403 g/mol. The molecule has 2 nitrogen and oxygen atoms in total. The van der Waals surface area contributed by atoms with Crippen LogP contribution in [0.15, 0.2) is 0 Å². The van der Waals surface area contributed by atoms with Crippen molar-refractivity contribution >= 4 is 8.03 Å². The molecule has 148 valence electrons. The summed E-state index contributed by atoms with van der Waals surface area (Å²) in [5.41, 5.74) is 0. The molecule has 0 heterocycles. The fraction of sp³-hybridized carbons (Fsp3) is 1.00. The van der Waals surface area contributed by atoms with Gasteiger partial charge in [0.05, 0.1) is 0 Å². The molecule has 0 aliphatic rings. The van der Waals surface area contributed by atoms with Gasteiger partial charge in [-0.1, -0.05) is 97.3 Å². The first-order valence-electron chi connectivity index (χ1n) is 10.4. The molecular weight excluding hydrogens is 362 g/mol. The molecule has 24 heavy (non-hydrogen) atoms. The van der Waals surface area contributed by atoms with E-state index in [1.165, 1.54) is 89.9 Å². The summed E-state index contributed by atoms with van der Waals surface area (Å²) < 4.78 is 17.2. The van der Waals surface area contributed by atoms with E-state index in [0.29, 0.717) is 6.61 Å². The maximum absolute atomic E-state index is 11.8. The molecule has 0 amide bonds. The molecule has 0 saturated heterocycles. The molecule has 0 aromatic heterocycles. The van der Waals surface area contributed by atoms with E-state index in [1.807, 2.05) is 0 Å². The second kappa shape index (κ2) is 23.6. The van der Waals surface area contributed by atoms with Crippen molar-refractivity contribution < 1.29 is 25.6 Å². The third kappa shape index (κ3) is 22.6. The Kier molecular flexibility index (Phi) is 26.3. The van der Waals surface area contributed by atoms with Crippen molar-refractivity contribution in [1.82, 2.24) is 0 Å². The molecule has 0 spiro atoms. The predicted octanol–water partition coefficient (Wildman–Crippen LogP) is 8.02. The maximum atomic E-state index is 11.8. The Balaban J connectivity index is 0. The number of hydrogen-bond donors (Lipinski definition) is 0. The molecule has 1 unspecified atom stereocenters. The zero-order valence-corrected chi connectivity index (χ0v) is 18.2. The third-order valence-corrected chi connectivity index (χ3v) is 5.58. The molecule has 0 aromatic rings. The van der Waals surface area contributed by atoms with Gasteiger partial charge in [-0.05, 0) is 23.8 Å². The zero-order valence-electron chi connectivity index (χ0n) is 16.3. The van der Waals surface area contributed by atoms with Gasteiger partial charge in [0.1, 0.15) is 6.61 Å². The largest absolute Gasteiger partial charge is 0.508 e. The van der Waals surface area contributed by atoms with Crippen LogP contribution in [0.3, 0.4) is 0 Å². The Morgan fingerprint density at radius 2 is 0.958 bits per heavy atom. The van der Waals surface area contributed by atoms with Crippen molar-refractivity contribution in [2.24, 2.45) is 0 Å². The first-order chi connectivity index (χ1) is 11.3. The molecule has 0 rings (SSSR count). The molecule has 1 atom stereocenters. The van der Waals surface area contributed by atoms with E-state index in [4.69, 9.17) is 4.52 Å². The Hall–Kier alpha value is 0.554. The average molecular weight is 404 g/mol. The van der Waals surface area contributed by atoms with Crippen LogP contribution in [0.1, 0.15) is 117 Å². The van der Waals surface area contributed by atoms with Gasteiger partial charge in [-0.15, -0.1) is 4.52 Å². The van der Waals surface area contributed by atoms with Crippen molar-refractivity contribution in [3.8, 4) is 0 Å². The normalized spacial score (nSPS) is 11.3. The van der Waals surface area contributed by atoms with Gasteiger partial charge < -0.3 is 0 Å². The fourth-order valence-corrected chi connectivity index (χ4v) is 3.79. The summed E-state index contributed by atoms with van der Waals surface area (Å²) in [7, 11) is -1.39. The quantitative estimate of drug-likeness (QED) is 0.124. The SMILES string of the molecule is CCCCCCCCCCO[P+](=O)CCCCCCCCCC.[Ni]. The predicted molar refractivity (Wildman–Crippen MR) is 104 cm³/mol. The molecule has 0 aliphatic heterocycles. The summed E-state index contributed by atoms with van der Waals surface area (Å²) in [6, 6.07) is 0. The van der Waals surface area contributed by atoms with Crippen LogP contribution in [-0.4, -0.2) is 12.8 Å². The Bertz CT molecular complexity index is 250. The molecule has 0 fully saturated rings. The van der Waals surface area contributed by atoms with Crippen molar-refractivity contribution in [2.45, 2.75) is 117 Å². The summed E-state index contributed by atoms with van der Waals surface area (Å²) in [6.07, 6.45) is 21.6. The minimum Gasteiger partial charge on any atom is -0.146 e. The van der Waals surface area contributed by atoms with Crippen LogP contribution >= 0.6 is 8.03 Å². The molecule has 0 radical (unpaired) electrons. The van der Waals surface area contributed by atoms with Gasteiger partial charge in [0.2, 0.25) is 0 Å². The van der Waals surface area contributed by atoms with Crippen LogP contribution < -0.4 is 0 Å². The second-order valence-corrected chi connectivity index (χ2v) is 8.21. The molecule has 0 aliphatic carbocycles. The van der Waals surface area contributed by atoms with Crippen molar-refractivity contribution in [2.75, 3.05) is 12.8 Å². The van der Waals surface area contributed by atoms with Crippen LogP contribution in [-0.2, 0) is 25.6 Å². The van der Waals surface area contributed by atoms with E-state index in [1.54, 1.807) is 0 Å². The van der Waals surface area contributed by atoms with Gasteiger partial charge in [0, 0.05) is 16.5 Å². The average Bonchev–Trinajstić information content (AvgIpc) is 2.56. The number of hydrogen-bond acceptors (Lipinski definition) is 2. The van der Waals surface area contributed by atoms with E-state index in [-0.39, 0.29) is 16.5 Å². The zero-order chi connectivity index (χ0) is 17.0. The van der Waals surface area contributed by atoms with Crippen molar-refractivity contribution in [1.29, 1.82) is 0 Å². The van der Waals surface area contributed by atoms with Gasteiger partial charge in [0.25, 0.3) is 0 Å². The third-order valence-electron chi connectivity index (χ3n) is 4.43. The molecule has 0 bridgehead atoms. The standard InChI is InChI=1S/C20H42O2P.Ni/c1-3-5-7-9-11-13-15-17-19-22-23(21)20-18-16-14-12-10-8-6-4-2;/h3-20H2,1-2H3;/q+1;. The van der Waals surface area contributed by atoms with Gasteiger partial charge in [-0.2, -0.15) is 0 Å². The maximum Gasteiger partial charge on any atom is 0.508 e. The van der Waals surface area contributed by atoms with Crippen molar-refractivity contribution in [3.63, 3.8) is 0 Å². The van der Waals surface area contributed by atoms with Crippen molar-refractivity contribution in [3.05, 3.63) is 0 Å². The van der Waals surface area contributed by atoms with Crippen LogP contribution in [0.5, 0.6) is 0 Å². The Labute approximate surface area is 163 Å². The molecule has 0 saturated carbocycles. The summed E-state index contributed by atoms with van der Waals surface area (Å²) in [5.74, 6) is 0. The summed E-state index contributed by atoms with van der Waals surface area (Å²) in [4.78, 5) is 0. The number of unbranched alkanes of at least 4 members (excludes halogenated alkanes) is 14. The van der Waals surface area contributed by atoms with Gasteiger partial charge >= 0.3 is 8.03 Å². The molecule has 0 aromatic carbocycles. The smallest absolute Gasteiger partial charge is 0.146 e. The minimum atomic E-state index is -1.39. The first kappa shape index (κ1) is 26.8. The topological polar surface area (TPSA) is 26.3 Å². The first-order valence-corrected chi connectivity index (χ1v) is 11.7. The van der Waals surface area contributed by atoms with Crippen LogP contribution in [0, 0.1) is 0 Å².